The zero-order valence-corrected chi connectivity index (χ0v) is 14.5. The summed E-state index contributed by atoms with van der Waals surface area (Å²) in [5, 5.41) is 6.29. The van der Waals surface area contributed by atoms with Crippen LogP contribution in [-0.2, 0) is 0 Å². The molecule has 0 radical (unpaired) electrons. The van der Waals surface area contributed by atoms with E-state index in [4.69, 9.17) is 16.3 Å². The van der Waals surface area contributed by atoms with Crippen LogP contribution >= 0.6 is 11.6 Å². The predicted molar refractivity (Wildman–Crippen MR) is 99.9 cm³/mol. The van der Waals surface area contributed by atoms with E-state index in [9.17, 15) is 9.18 Å². The Morgan fingerprint density at radius 3 is 2.58 bits per heavy atom. The molecule has 0 aliphatic heterocycles. The fourth-order valence-electron chi connectivity index (χ4n) is 2.30. The summed E-state index contributed by atoms with van der Waals surface area (Å²) < 4.78 is 18.2. The Bertz CT molecular complexity index is 932. The average molecular weight is 372 g/mol. The van der Waals surface area contributed by atoms with Gasteiger partial charge in [0.15, 0.2) is 0 Å². The average Bonchev–Trinajstić information content (AvgIpc) is 2.64. The molecule has 0 unspecified atom stereocenters. The summed E-state index contributed by atoms with van der Waals surface area (Å²) in [6.45, 7) is 0. The van der Waals surface area contributed by atoms with Crippen LogP contribution in [0.25, 0.3) is 0 Å². The van der Waals surface area contributed by atoms with E-state index in [2.05, 4.69) is 15.6 Å². The molecule has 132 valence electrons. The molecule has 7 heteroatoms. The van der Waals surface area contributed by atoms with Gasteiger partial charge in [-0.1, -0.05) is 11.6 Å². The van der Waals surface area contributed by atoms with Gasteiger partial charge >= 0.3 is 0 Å². The van der Waals surface area contributed by atoms with E-state index < -0.39 is 5.91 Å². The molecule has 0 spiro atoms. The van der Waals surface area contributed by atoms with E-state index in [1.165, 1.54) is 25.4 Å². The topological polar surface area (TPSA) is 63.2 Å². The lowest BCUT2D eigenvalue weighted by atomic mass is 10.2. The van der Waals surface area contributed by atoms with Crippen molar-refractivity contribution < 1.29 is 13.9 Å². The van der Waals surface area contributed by atoms with Crippen molar-refractivity contribution in [3.8, 4) is 5.75 Å². The van der Waals surface area contributed by atoms with Gasteiger partial charge in [0.25, 0.3) is 5.91 Å². The quantitative estimate of drug-likeness (QED) is 0.671. The summed E-state index contributed by atoms with van der Waals surface area (Å²) >= 11 is 5.97. The Balaban J connectivity index is 1.78. The first-order valence-corrected chi connectivity index (χ1v) is 8.06. The molecule has 5 nitrogen and oxygen atoms in total. The zero-order chi connectivity index (χ0) is 18.5. The third-order valence-electron chi connectivity index (χ3n) is 3.54. The van der Waals surface area contributed by atoms with Crippen molar-refractivity contribution in [2.45, 2.75) is 0 Å². The molecule has 0 atom stereocenters. The summed E-state index contributed by atoms with van der Waals surface area (Å²) in [5.41, 5.74) is 2.00. The van der Waals surface area contributed by atoms with Crippen LogP contribution in [-0.4, -0.2) is 18.0 Å². The Morgan fingerprint density at radius 2 is 1.85 bits per heavy atom. The van der Waals surface area contributed by atoms with Crippen molar-refractivity contribution in [2.75, 3.05) is 17.7 Å². The van der Waals surface area contributed by atoms with Crippen LogP contribution in [0, 0.1) is 5.82 Å². The van der Waals surface area contributed by atoms with Crippen molar-refractivity contribution in [1.82, 2.24) is 4.98 Å². The van der Waals surface area contributed by atoms with Crippen molar-refractivity contribution in [3.05, 3.63) is 77.3 Å². The van der Waals surface area contributed by atoms with Crippen LogP contribution in [0.5, 0.6) is 5.75 Å². The maximum atomic E-state index is 13.0. The SMILES string of the molecule is COc1ccc(Cl)cc1NC(=O)c1cc(Nc2ccc(F)cc2)ccn1. The zero-order valence-electron chi connectivity index (χ0n) is 13.8. The molecule has 0 saturated carbocycles. The van der Waals surface area contributed by atoms with E-state index in [1.54, 1.807) is 42.5 Å². The molecule has 1 heterocycles. The predicted octanol–water partition coefficient (Wildman–Crippen LogP) is 4.88. The number of methoxy groups -OCH3 is 1. The minimum Gasteiger partial charge on any atom is -0.495 e. The minimum absolute atomic E-state index is 0.208. The van der Waals surface area contributed by atoms with Gasteiger partial charge in [-0.2, -0.15) is 0 Å². The molecule has 2 N–H and O–H groups in total. The third kappa shape index (κ3) is 4.29. The highest BCUT2D eigenvalue weighted by atomic mass is 35.5. The number of nitrogens with one attached hydrogen (secondary N) is 2. The second-order valence-corrected chi connectivity index (χ2v) is 5.80. The highest BCUT2D eigenvalue weighted by molar-refractivity contribution is 6.31. The Hall–Kier alpha value is -3.12. The Kier molecular flexibility index (Phi) is 5.34. The van der Waals surface area contributed by atoms with E-state index in [1.807, 2.05) is 0 Å². The summed E-state index contributed by atoms with van der Waals surface area (Å²) in [6.07, 6.45) is 1.51. The molecule has 0 fully saturated rings. The van der Waals surface area contributed by atoms with Gasteiger partial charge in [-0.25, -0.2) is 4.39 Å². The number of ether oxygens (including phenoxy) is 1. The van der Waals surface area contributed by atoms with Gasteiger partial charge in [-0.3, -0.25) is 9.78 Å². The molecule has 0 bridgehead atoms. The molecular formula is C19H15ClFN3O2. The summed E-state index contributed by atoms with van der Waals surface area (Å²) in [4.78, 5) is 16.6. The number of rotatable bonds is 5. The van der Waals surface area contributed by atoms with E-state index >= 15 is 0 Å². The lowest BCUT2D eigenvalue weighted by Crippen LogP contribution is -2.14. The summed E-state index contributed by atoms with van der Waals surface area (Å²) in [5.74, 6) is -0.238. The van der Waals surface area contributed by atoms with Gasteiger partial charge in [0.05, 0.1) is 12.8 Å². The molecule has 0 aliphatic carbocycles. The maximum Gasteiger partial charge on any atom is 0.274 e. The first-order valence-electron chi connectivity index (χ1n) is 7.69. The summed E-state index contributed by atoms with van der Waals surface area (Å²) in [6, 6.07) is 14.1. The van der Waals surface area contributed by atoms with Crippen LogP contribution in [0.2, 0.25) is 5.02 Å². The van der Waals surface area contributed by atoms with Gasteiger partial charge in [0.1, 0.15) is 17.3 Å². The monoisotopic (exact) mass is 371 g/mol. The Morgan fingerprint density at radius 1 is 1.08 bits per heavy atom. The number of hydrogen-bond acceptors (Lipinski definition) is 4. The van der Waals surface area contributed by atoms with Gasteiger partial charge in [0.2, 0.25) is 0 Å². The number of anilines is 3. The number of nitrogens with zero attached hydrogens (tertiary/aromatic N) is 1. The van der Waals surface area contributed by atoms with Gasteiger partial charge < -0.3 is 15.4 Å². The molecular weight excluding hydrogens is 357 g/mol. The first-order chi connectivity index (χ1) is 12.5. The van der Waals surface area contributed by atoms with Crippen LogP contribution in [0.3, 0.4) is 0 Å². The van der Waals surface area contributed by atoms with E-state index in [-0.39, 0.29) is 11.5 Å². The fourth-order valence-corrected chi connectivity index (χ4v) is 2.47. The molecule has 3 aromatic rings. The van der Waals surface area contributed by atoms with Gasteiger partial charge in [-0.05, 0) is 54.6 Å². The third-order valence-corrected chi connectivity index (χ3v) is 3.77. The first kappa shape index (κ1) is 17.7. The number of benzene rings is 2. The molecule has 1 aromatic heterocycles. The van der Waals surface area contributed by atoms with Crippen LogP contribution < -0.4 is 15.4 Å². The second kappa shape index (κ2) is 7.84. The van der Waals surface area contributed by atoms with E-state index in [0.717, 1.165) is 0 Å². The maximum absolute atomic E-state index is 13.0. The molecule has 0 aliphatic rings. The fraction of sp³-hybridized carbons (Fsp3) is 0.0526. The Labute approximate surface area is 154 Å². The van der Waals surface area contributed by atoms with Crippen LogP contribution in [0.1, 0.15) is 10.5 Å². The standard InChI is InChI=1S/C19H15ClFN3O2/c1-26-18-7-2-12(20)10-16(18)24-19(25)17-11-15(8-9-22-17)23-14-5-3-13(21)4-6-14/h2-11H,1H3,(H,22,23)(H,24,25). The molecule has 26 heavy (non-hydrogen) atoms. The van der Waals surface area contributed by atoms with Crippen molar-refractivity contribution in [3.63, 3.8) is 0 Å². The van der Waals surface area contributed by atoms with E-state index in [0.29, 0.717) is 27.8 Å². The number of halogens is 2. The molecule has 3 rings (SSSR count). The number of carbonyl (C=O) groups excluding carboxylic acids is 1. The van der Waals surface area contributed by atoms with Gasteiger partial charge in [-0.15, -0.1) is 0 Å². The highest BCUT2D eigenvalue weighted by Gasteiger charge is 2.12. The van der Waals surface area contributed by atoms with Crippen molar-refractivity contribution >= 4 is 34.6 Å². The molecule has 2 aromatic carbocycles. The lowest BCUT2D eigenvalue weighted by molar-refractivity contribution is 0.102. The van der Waals surface area contributed by atoms with Crippen LogP contribution in [0.15, 0.2) is 60.8 Å². The molecule has 1 amide bonds. The number of amides is 1. The smallest absolute Gasteiger partial charge is 0.274 e. The molecule has 0 saturated heterocycles. The number of hydrogen-bond donors (Lipinski definition) is 2. The van der Waals surface area contributed by atoms with Crippen molar-refractivity contribution in [2.24, 2.45) is 0 Å². The van der Waals surface area contributed by atoms with Gasteiger partial charge in [0, 0.05) is 22.6 Å². The largest absolute Gasteiger partial charge is 0.495 e. The summed E-state index contributed by atoms with van der Waals surface area (Å²) in [7, 11) is 1.50. The van der Waals surface area contributed by atoms with Crippen LogP contribution in [0.4, 0.5) is 21.5 Å². The normalized spacial score (nSPS) is 10.3. The number of pyridine rings is 1. The lowest BCUT2D eigenvalue weighted by Gasteiger charge is -2.11. The van der Waals surface area contributed by atoms with Crippen molar-refractivity contribution in [1.29, 1.82) is 0 Å². The number of carbonyl (C=O) groups is 1. The minimum atomic E-state index is -0.409. The highest BCUT2D eigenvalue weighted by Crippen LogP contribution is 2.28. The second-order valence-electron chi connectivity index (χ2n) is 5.36. The number of aromatic nitrogens is 1.